The first-order chi connectivity index (χ1) is 49.6. The van der Waals surface area contributed by atoms with Crippen molar-refractivity contribution >= 4 is 87.2 Å². The predicted molar refractivity (Wildman–Crippen MR) is 423 cm³/mol. The fourth-order valence-electron chi connectivity index (χ4n) is 15.6. The van der Waals surface area contributed by atoms with Crippen molar-refractivity contribution in [3.8, 4) is 89.5 Å². The van der Waals surface area contributed by atoms with E-state index in [4.69, 9.17) is 0 Å². The number of benzene rings is 16. The van der Waals surface area contributed by atoms with Gasteiger partial charge in [0.05, 0.1) is 44.1 Å². The number of aromatic nitrogens is 4. The van der Waals surface area contributed by atoms with Gasteiger partial charge in [0.25, 0.3) is 0 Å². The molecule has 4 heteroatoms. The van der Waals surface area contributed by atoms with Crippen LogP contribution in [0.15, 0.2) is 388 Å². The van der Waals surface area contributed by atoms with Crippen molar-refractivity contribution in [1.29, 1.82) is 0 Å². The Morgan fingerprint density at radius 3 is 0.840 bits per heavy atom. The van der Waals surface area contributed by atoms with E-state index < -0.39 is 0 Å². The van der Waals surface area contributed by atoms with Crippen LogP contribution in [0.3, 0.4) is 0 Å². The molecule has 20 aromatic rings. The molecule has 0 bridgehead atoms. The summed E-state index contributed by atoms with van der Waals surface area (Å²) in [4.78, 5) is 0. The smallest absolute Gasteiger partial charge is 0.0547 e. The third-order valence-electron chi connectivity index (χ3n) is 20.2. The van der Waals surface area contributed by atoms with Gasteiger partial charge in [0.1, 0.15) is 0 Å². The highest BCUT2D eigenvalue weighted by Gasteiger charge is 2.21. The molecule has 16 aromatic carbocycles. The van der Waals surface area contributed by atoms with Crippen LogP contribution in [0.4, 0.5) is 0 Å². The molecule has 4 heterocycles. The van der Waals surface area contributed by atoms with Crippen molar-refractivity contribution < 1.29 is 0 Å². The normalized spacial score (nSPS) is 11.6. The lowest BCUT2D eigenvalue weighted by molar-refractivity contribution is 1.18. The molecule has 0 amide bonds. The van der Waals surface area contributed by atoms with E-state index in [9.17, 15) is 0 Å². The number of rotatable bonds is 10. The molecule has 0 aliphatic carbocycles. The number of para-hydroxylation sites is 6. The van der Waals surface area contributed by atoms with Gasteiger partial charge in [0, 0.05) is 65.8 Å². The first kappa shape index (κ1) is 58.1. The minimum absolute atomic E-state index is 1.15. The summed E-state index contributed by atoms with van der Waals surface area (Å²) in [5.41, 5.74) is 28.8. The fraction of sp³-hybridized carbons (Fsp3) is 0. The molecule has 4 nitrogen and oxygen atoms in total. The van der Waals surface area contributed by atoms with Crippen molar-refractivity contribution in [2.75, 3.05) is 0 Å². The van der Waals surface area contributed by atoms with Crippen LogP contribution >= 0.6 is 0 Å². The van der Waals surface area contributed by atoms with Crippen molar-refractivity contribution in [2.24, 2.45) is 0 Å². The highest BCUT2D eigenvalue weighted by molar-refractivity contribution is 6.15. The van der Waals surface area contributed by atoms with Gasteiger partial charge >= 0.3 is 0 Å². The van der Waals surface area contributed by atoms with E-state index in [1.165, 1.54) is 165 Å². The quantitative estimate of drug-likeness (QED) is 0.130. The van der Waals surface area contributed by atoms with E-state index in [0.29, 0.717) is 0 Å². The van der Waals surface area contributed by atoms with Crippen LogP contribution in [0, 0.1) is 0 Å². The zero-order valence-electron chi connectivity index (χ0n) is 54.7. The average Bonchev–Trinajstić information content (AvgIpc) is 1.59. The molecule has 0 aliphatic heterocycles. The first-order valence-electron chi connectivity index (χ1n) is 34.4. The van der Waals surface area contributed by atoms with Crippen LogP contribution in [-0.2, 0) is 0 Å². The second-order valence-corrected chi connectivity index (χ2v) is 26.0. The Labute approximate surface area is 579 Å². The third-order valence-corrected chi connectivity index (χ3v) is 20.2. The number of hydrogen-bond donors (Lipinski definition) is 0. The maximum absolute atomic E-state index is 2.45. The van der Waals surface area contributed by atoms with Crippen LogP contribution in [-0.4, -0.2) is 18.3 Å². The van der Waals surface area contributed by atoms with E-state index in [-0.39, 0.29) is 0 Å². The predicted octanol–water partition coefficient (Wildman–Crippen LogP) is 25.8. The molecule has 0 N–H and O–H groups in total. The van der Waals surface area contributed by atoms with Crippen molar-refractivity contribution in [3.63, 3.8) is 0 Å². The van der Waals surface area contributed by atoms with Crippen molar-refractivity contribution in [3.05, 3.63) is 388 Å². The van der Waals surface area contributed by atoms with Gasteiger partial charge in [-0.1, -0.05) is 273 Å². The van der Waals surface area contributed by atoms with Crippen LogP contribution in [0.1, 0.15) is 0 Å². The SMILES string of the molecule is c1ccc(-c2cc(-c3ccccc3)cc(-n3c4ccccc4c4ccc(-c5ccc6c(c5)c5ccccc5n6-c5ccccc5)cc43)c2)cc1.c1ccc(-c2ccc(-n3c4ccccc4c4ccc(-c5ccc6c(c5)c5ccccc5n6-c5ccccc5)cc43)cc2-c2ccccc2)cc1. The van der Waals surface area contributed by atoms with Gasteiger partial charge in [-0.25, -0.2) is 0 Å². The lowest BCUT2D eigenvalue weighted by Crippen LogP contribution is -1.96. The molecule has 0 radical (unpaired) electrons. The Bertz CT molecular complexity index is 6420. The van der Waals surface area contributed by atoms with Crippen LogP contribution in [0.5, 0.6) is 0 Å². The lowest BCUT2D eigenvalue weighted by atomic mass is 9.94. The Kier molecular flexibility index (Phi) is 14.2. The molecule has 100 heavy (non-hydrogen) atoms. The third kappa shape index (κ3) is 10.00. The highest BCUT2D eigenvalue weighted by atomic mass is 15.0. The summed E-state index contributed by atoms with van der Waals surface area (Å²) in [7, 11) is 0. The van der Waals surface area contributed by atoms with E-state index in [0.717, 1.165) is 11.4 Å². The Morgan fingerprint density at radius 1 is 0.120 bits per heavy atom. The standard InChI is InChI=1S/2C48H32N2/c1-4-14-33(15-5-1)39-28-26-38(32-43(39)34-16-6-2-7-17-34)50-45-22-12-10-20-40(45)42-27-24-36(31-48(42)50)35-25-29-47-44(30-35)41-21-11-13-23-46(41)49(47)37-18-8-3-9-19-37;1-4-14-33(15-5-1)37-28-38(34-16-6-2-7-17-34)30-40(29-37)50-45-22-12-10-20-41(45)43-26-24-36(32-48(43)50)35-25-27-47-44(31-35)42-21-11-13-23-46(42)49(47)39-18-8-3-9-19-39/h2*1-32H. The van der Waals surface area contributed by atoms with Gasteiger partial charge in [-0.05, 0) is 182 Å². The molecule has 0 fully saturated rings. The van der Waals surface area contributed by atoms with Crippen molar-refractivity contribution in [2.45, 2.75) is 0 Å². The molecular formula is C96H64N4. The molecule has 20 rings (SSSR count). The second-order valence-electron chi connectivity index (χ2n) is 26.0. The summed E-state index contributed by atoms with van der Waals surface area (Å²) in [5, 5.41) is 10.0. The van der Waals surface area contributed by atoms with Crippen LogP contribution in [0.25, 0.3) is 177 Å². The van der Waals surface area contributed by atoms with Crippen LogP contribution in [0.2, 0.25) is 0 Å². The van der Waals surface area contributed by atoms with Gasteiger partial charge < -0.3 is 18.3 Å². The summed E-state index contributed by atoms with van der Waals surface area (Å²) in [6.45, 7) is 0. The molecule has 0 saturated heterocycles. The molecule has 0 unspecified atom stereocenters. The second kappa shape index (κ2) is 24.4. The highest BCUT2D eigenvalue weighted by Crippen LogP contribution is 2.44. The molecule has 0 atom stereocenters. The zero-order chi connectivity index (χ0) is 66.0. The summed E-state index contributed by atoms with van der Waals surface area (Å²) >= 11 is 0. The molecule has 0 spiro atoms. The summed E-state index contributed by atoms with van der Waals surface area (Å²) < 4.78 is 9.64. The summed E-state index contributed by atoms with van der Waals surface area (Å²) in [6, 6.07) is 141. The molecule has 468 valence electrons. The maximum Gasteiger partial charge on any atom is 0.0547 e. The molecule has 0 aliphatic rings. The Hall–Kier alpha value is -13.3. The van der Waals surface area contributed by atoms with Gasteiger partial charge in [-0.2, -0.15) is 0 Å². The number of fused-ring (bicyclic) bond motifs is 12. The Balaban J connectivity index is 0.000000139. The van der Waals surface area contributed by atoms with E-state index in [2.05, 4.69) is 407 Å². The maximum atomic E-state index is 2.45. The van der Waals surface area contributed by atoms with Gasteiger partial charge in [0.2, 0.25) is 0 Å². The lowest BCUT2D eigenvalue weighted by Gasteiger charge is -2.15. The van der Waals surface area contributed by atoms with E-state index in [1.54, 1.807) is 0 Å². The van der Waals surface area contributed by atoms with Crippen LogP contribution < -0.4 is 0 Å². The van der Waals surface area contributed by atoms with Crippen molar-refractivity contribution in [1.82, 2.24) is 18.3 Å². The van der Waals surface area contributed by atoms with Gasteiger partial charge in [-0.15, -0.1) is 0 Å². The number of hydrogen-bond acceptors (Lipinski definition) is 0. The van der Waals surface area contributed by atoms with Gasteiger partial charge in [-0.3, -0.25) is 0 Å². The van der Waals surface area contributed by atoms with E-state index >= 15 is 0 Å². The topological polar surface area (TPSA) is 19.7 Å². The minimum atomic E-state index is 1.15. The summed E-state index contributed by atoms with van der Waals surface area (Å²) in [6.07, 6.45) is 0. The first-order valence-corrected chi connectivity index (χ1v) is 34.4. The monoisotopic (exact) mass is 1270 g/mol. The number of nitrogens with zero attached hydrogens (tertiary/aromatic N) is 4. The largest absolute Gasteiger partial charge is 0.309 e. The average molecular weight is 1270 g/mol. The Morgan fingerprint density at radius 2 is 0.420 bits per heavy atom. The molecule has 4 aromatic heterocycles. The summed E-state index contributed by atoms with van der Waals surface area (Å²) in [5.74, 6) is 0. The minimum Gasteiger partial charge on any atom is -0.309 e. The molecule has 0 saturated carbocycles. The fourth-order valence-corrected chi connectivity index (χ4v) is 15.6. The molecular weight excluding hydrogens is 1210 g/mol. The zero-order valence-corrected chi connectivity index (χ0v) is 54.7. The van der Waals surface area contributed by atoms with Gasteiger partial charge in [0.15, 0.2) is 0 Å². The van der Waals surface area contributed by atoms with E-state index in [1.807, 2.05) is 0 Å².